The van der Waals surface area contributed by atoms with Crippen molar-refractivity contribution >= 4 is 41.4 Å². The molecule has 1 fully saturated rings. The molecule has 170 valence electrons. The van der Waals surface area contributed by atoms with Gasteiger partial charge in [-0.15, -0.1) is 24.0 Å². The fourth-order valence-corrected chi connectivity index (χ4v) is 3.57. The van der Waals surface area contributed by atoms with Crippen LogP contribution in [0.25, 0.3) is 0 Å². The van der Waals surface area contributed by atoms with Crippen molar-refractivity contribution in [1.82, 2.24) is 10.3 Å². The van der Waals surface area contributed by atoms with E-state index in [-0.39, 0.29) is 24.0 Å². The second kappa shape index (κ2) is 13.2. The van der Waals surface area contributed by atoms with Crippen LogP contribution >= 0.6 is 24.0 Å². The average molecular weight is 539 g/mol. The van der Waals surface area contributed by atoms with Gasteiger partial charge in [-0.1, -0.05) is 12.8 Å². The van der Waals surface area contributed by atoms with Gasteiger partial charge in [-0.3, -0.25) is 4.99 Å². The van der Waals surface area contributed by atoms with Gasteiger partial charge < -0.3 is 25.0 Å². The molecule has 0 radical (unpaired) electrons. The molecular weight excluding hydrogens is 505 g/mol. The van der Waals surface area contributed by atoms with E-state index in [1.165, 1.54) is 31.2 Å². The molecule has 0 saturated carbocycles. The lowest BCUT2D eigenvalue weighted by Crippen LogP contribution is -2.30. The Morgan fingerprint density at radius 2 is 1.87 bits per heavy atom. The summed E-state index contributed by atoms with van der Waals surface area (Å²) in [5.41, 5.74) is 2.06. The number of rotatable bonds is 7. The number of hydrogen-bond donors (Lipinski definition) is 2. The van der Waals surface area contributed by atoms with Gasteiger partial charge in [-0.2, -0.15) is 0 Å². The first-order valence-corrected chi connectivity index (χ1v) is 10.7. The van der Waals surface area contributed by atoms with Crippen molar-refractivity contribution in [2.75, 3.05) is 44.1 Å². The fraction of sp³-hybridized carbons (Fsp3) is 0.478. The number of nitrogens with zero attached hydrogens (tertiary/aromatic N) is 3. The molecule has 0 atom stereocenters. The maximum Gasteiger partial charge on any atom is 0.195 e. The van der Waals surface area contributed by atoms with E-state index >= 15 is 0 Å². The van der Waals surface area contributed by atoms with Crippen LogP contribution in [0.2, 0.25) is 0 Å². The predicted molar refractivity (Wildman–Crippen MR) is 138 cm³/mol. The van der Waals surface area contributed by atoms with Crippen LogP contribution in [0, 0.1) is 0 Å². The van der Waals surface area contributed by atoms with E-state index < -0.39 is 0 Å². The van der Waals surface area contributed by atoms with Crippen LogP contribution in [0.1, 0.15) is 38.2 Å². The molecule has 0 spiro atoms. The van der Waals surface area contributed by atoms with Crippen LogP contribution in [0.15, 0.2) is 41.5 Å². The van der Waals surface area contributed by atoms with Crippen LogP contribution < -0.4 is 25.0 Å². The van der Waals surface area contributed by atoms with Crippen LogP contribution in [0.3, 0.4) is 0 Å². The maximum absolute atomic E-state index is 5.66. The van der Waals surface area contributed by atoms with Crippen molar-refractivity contribution in [3.8, 4) is 11.5 Å². The summed E-state index contributed by atoms with van der Waals surface area (Å²) in [5.74, 6) is 3.17. The van der Waals surface area contributed by atoms with Gasteiger partial charge in [0.25, 0.3) is 0 Å². The molecule has 1 aromatic heterocycles. The number of ether oxygens (including phenoxy) is 2. The summed E-state index contributed by atoms with van der Waals surface area (Å²) in [4.78, 5) is 11.3. The molecule has 0 aliphatic carbocycles. The second-order valence-electron chi connectivity index (χ2n) is 7.27. The van der Waals surface area contributed by atoms with Crippen LogP contribution in [-0.4, -0.2) is 44.8 Å². The van der Waals surface area contributed by atoms with Gasteiger partial charge in [0.2, 0.25) is 0 Å². The molecule has 0 bridgehead atoms. The van der Waals surface area contributed by atoms with Gasteiger partial charge >= 0.3 is 0 Å². The summed E-state index contributed by atoms with van der Waals surface area (Å²) in [7, 11) is 3.40. The second-order valence-corrected chi connectivity index (χ2v) is 7.27. The van der Waals surface area contributed by atoms with E-state index in [0.717, 1.165) is 24.6 Å². The van der Waals surface area contributed by atoms with Crippen molar-refractivity contribution in [1.29, 1.82) is 0 Å². The Hall–Kier alpha value is -2.23. The summed E-state index contributed by atoms with van der Waals surface area (Å²) in [6.45, 7) is 5.37. The number of halogens is 1. The third-order valence-corrected chi connectivity index (χ3v) is 5.15. The number of methoxy groups -OCH3 is 1. The third kappa shape index (κ3) is 7.45. The van der Waals surface area contributed by atoms with E-state index in [4.69, 9.17) is 9.47 Å². The van der Waals surface area contributed by atoms with Crippen molar-refractivity contribution in [2.24, 2.45) is 4.99 Å². The van der Waals surface area contributed by atoms with Gasteiger partial charge in [0.05, 0.1) is 13.7 Å². The summed E-state index contributed by atoms with van der Waals surface area (Å²) in [6.07, 6.45) is 7.01. The first kappa shape index (κ1) is 25.0. The van der Waals surface area contributed by atoms with Crippen LogP contribution in [-0.2, 0) is 6.54 Å². The lowest BCUT2D eigenvalue weighted by Gasteiger charge is -2.22. The highest BCUT2D eigenvalue weighted by Gasteiger charge is 2.12. The SMILES string of the molecule is CCOc1cc(NC(=NC)NCc2ccnc(N3CCCCCC3)c2)ccc1OC.I. The molecule has 1 aromatic carbocycles. The Bertz CT molecular complexity index is 838. The standard InChI is InChI=1S/C23H33N5O2.HI/c1-4-30-21-16-19(9-10-20(21)29-3)27-23(24-2)26-17-18-11-12-25-22(15-18)28-13-7-5-6-8-14-28;/h9-12,15-16H,4-8,13-14,17H2,1-3H3,(H2,24,26,27);1H. The first-order valence-electron chi connectivity index (χ1n) is 10.7. The topological polar surface area (TPSA) is 71.0 Å². The Kier molecular flexibility index (Phi) is 10.7. The summed E-state index contributed by atoms with van der Waals surface area (Å²) < 4.78 is 11.0. The van der Waals surface area contributed by atoms with E-state index in [1.54, 1.807) is 14.2 Å². The van der Waals surface area contributed by atoms with Crippen LogP contribution in [0.4, 0.5) is 11.5 Å². The highest BCUT2D eigenvalue weighted by atomic mass is 127. The molecule has 1 aliphatic rings. The number of aromatic nitrogens is 1. The van der Waals surface area contributed by atoms with Crippen molar-refractivity contribution in [2.45, 2.75) is 39.2 Å². The minimum absolute atomic E-state index is 0. The number of benzene rings is 1. The number of anilines is 2. The predicted octanol–water partition coefficient (Wildman–Crippen LogP) is 4.67. The molecule has 0 amide bonds. The van der Waals surface area contributed by atoms with Gasteiger partial charge in [-0.25, -0.2) is 4.98 Å². The molecule has 2 heterocycles. The molecule has 8 heteroatoms. The smallest absolute Gasteiger partial charge is 0.195 e. The van der Waals surface area contributed by atoms with Gasteiger partial charge in [0.15, 0.2) is 17.5 Å². The van der Waals surface area contributed by atoms with Crippen molar-refractivity contribution in [3.05, 3.63) is 42.1 Å². The Morgan fingerprint density at radius 3 is 2.55 bits per heavy atom. The van der Waals surface area contributed by atoms with Crippen LogP contribution in [0.5, 0.6) is 11.5 Å². The van der Waals surface area contributed by atoms with E-state index in [0.29, 0.717) is 30.6 Å². The average Bonchev–Trinajstić information content (AvgIpc) is 3.07. The Labute approximate surface area is 202 Å². The molecule has 31 heavy (non-hydrogen) atoms. The molecule has 1 aliphatic heterocycles. The number of hydrogen-bond acceptors (Lipinski definition) is 5. The quantitative estimate of drug-likeness (QED) is 0.303. The lowest BCUT2D eigenvalue weighted by atomic mass is 10.2. The molecule has 2 aromatic rings. The maximum atomic E-state index is 5.66. The number of nitrogens with one attached hydrogen (secondary N) is 2. The molecule has 0 unspecified atom stereocenters. The summed E-state index contributed by atoms with van der Waals surface area (Å²) in [5, 5.41) is 6.69. The Balaban J connectivity index is 0.00000341. The Morgan fingerprint density at radius 1 is 1.10 bits per heavy atom. The minimum Gasteiger partial charge on any atom is -0.493 e. The molecule has 7 nitrogen and oxygen atoms in total. The van der Waals surface area contributed by atoms with Crippen molar-refractivity contribution < 1.29 is 9.47 Å². The van der Waals surface area contributed by atoms with Gasteiger partial charge in [0.1, 0.15) is 5.82 Å². The van der Waals surface area contributed by atoms with Gasteiger partial charge in [-0.05, 0) is 49.6 Å². The molecule has 2 N–H and O–H groups in total. The fourth-order valence-electron chi connectivity index (χ4n) is 3.57. The number of pyridine rings is 1. The van der Waals surface area contributed by atoms with E-state index in [9.17, 15) is 0 Å². The molecular formula is C23H34IN5O2. The van der Waals surface area contributed by atoms with E-state index in [2.05, 4.69) is 31.6 Å². The monoisotopic (exact) mass is 539 g/mol. The molecule has 3 rings (SSSR count). The van der Waals surface area contributed by atoms with Gasteiger partial charge in [0, 0.05) is 44.6 Å². The zero-order valence-corrected chi connectivity index (χ0v) is 21.0. The summed E-state index contributed by atoms with van der Waals surface area (Å²) in [6, 6.07) is 9.96. The first-order chi connectivity index (χ1) is 14.7. The summed E-state index contributed by atoms with van der Waals surface area (Å²) >= 11 is 0. The zero-order chi connectivity index (χ0) is 21.2. The zero-order valence-electron chi connectivity index (χ0n) is 18.7. The largest absolute Gasteiger partial charge is 0.493 e. The molecule has 1 saturated heterocycles. The minimum atomic E-state index is 0. The van der Waals surface area contributed by atoms with Crippen molar-refractivity contribution in [3.63, 3.8) is 0 Å². The normalized spacial score (nSPS) is 14.3. The highest BCUT2D eigenvalue weighted by molar-refractivity contribution is 14.0. The number of aliphatic imine (C=N–C) groups is 1. The van der Waals surface area contributed by atoms with E-state index in [1.807, 2.05) is 37.4 Å². The lowest BCUT2D eigenvalue weighted by molar-refractivity contribution is 0.311. The highest BCUT2D eigenvalue weighted by Crippen LogP contribution is 2.30. The third-order valence-electron chi connectivity index (χ3n) is 5.15. The number of guanidine groups is 1.